The summed E-state index contributed by atoms with van der Waals surface area (Å²) >= 11 is 0. The third-order valence-electron chi connectivity index (χ3n) is 3.71. The maximum absolute atomic E-state index is 5.48. The van der Waals surface area contributed by atoms with Crippen molar-refractivity contribution in [3.63, 3.8) is 0 Å². The molecule has 2 bridgehead atoms. The number of hydrogen-bond acceptors (Lipinski definition) is 1. The van der Waals surface area contributed by atoms with E-state index in [0.717, 1.165) is 17.8 Å². The molecule has 0 spiro atoms. The Balaban J connectivity index is 2.02. The Kier molecular flexibility index (Phi) is 2.11. The molecule has 4 unspecified atom stereocenters. The topological polar surface area (TPSA) is 12.0 Å². The second-order valence-electron chi connectivity index (χ2n) is 4.27. The van der Waals surface area contributed by atoms with Crippen LogP contribution in [0.15, 0.2) is 0 Å². The predicted molar refractivity (Wildman–Crippen MR) is 50.6 cm³/mol. The molecule has 2 saturated carbocycles. The molecular weight excluding hydrogens is 146 g/mol. The fourth-order valence-electron chi connectivity index (χ4n) is 3.12. The van der Waals surface area contributed by atoms with Gasteiger partial charge in [-0.15, -0.1) is 6.42 Å². The van der Waals surface area contributed by atoms with Crippen molar-refractivity contribution < 1.29 is 0 Å². The first-order valence-electron chi connectivity index (χ1n) is 4.98. The highest BCUT2D eigenvalue weighted by Crippen LogP contribution is 2.49. The van der Waals surface area contributed by atoms with Crippen molar-refractivity contribution in [2.75, 3.05) is 7.05 Å². The van der Waals surface area contributed by atoms with E-state index in [0.29, 0.717) is 6.04 Å². The molecule has 2 aliphatic rings. The smallest absolute Gasteiger partial charge is 0.0715 e. The molecule has 0 aromatic heterocycles. The predicted octanol–water partition coefficient (Wildman–Crippen LogP) is 1.64. The Morgan fingerprint density at radius 3 is 2.67 bits per heavy atom. The van der Waals surface area contributed by atoms with E-state index in [1.807, 2.05) is 7.05 Å². The molecule has 0 aliphatic heterocycles. The van der Waals surface area contributed by atoms with Crippen LogP contribution in [0.4, 0.5) is 0 Å². The SMILES string of the molecule is C#CC(NC)C1CC2CCC1C2. The van der Waals surface area contributed by atoms with Crippen LogP contribution in [0, 0.1) is 30.1 Å². The van der Waals surface area contributed by atoms with Crippen LogP contribution in [0.1, 0.15) is 25.7 Å². The van der Waals surface area contributed by atoms with Crippen LogP contribution in [0.2, 0.25) is 0 Å². The summed E-state index contributed by atoms with van der Waals surface area (Å²) in [6.07, 6.45) is 11.2. The highest BCUT2D eigenvalue weighted by molar-refractivity contribution is 5.07. The molecule has 1 N–H and O–H groups in total. The van der Waals surface area contributed by atoms with E-state index in [2.05, 4.69) is 11.2 Å². The Labute approximate surface area is 74.9 Å². The van der Waals surface area contributed by atoms with Crippen molar-refractivity contribution in [1.29, 1.82) is 0 Å². The fraction of sp³-hybridized carbons (Fsp3) is 0.818. The third-order valence-corrected chi connectivity index (χ3v) is 3.71. The van der Waals surface area contributed by atoms with Crippen molar-refractivity contribution in [2.24, 2.45) is 17.8 Å². The minimum atomic E-state index is 0.334. The lowest BCUT2D eigenvalue weighted by Gasteiger charge is -2.26. The minimum absolute atomic E-state index is 0.334. The molecule has 12 heavy (non-hydrogen) atoms. The first-order chi connectivity index (χ1) is 5.85. The molecule has 2 rings (SSSR count). The molecule has 0 aromatic carbocycles. The third kappa shape index (κ3) is 1.15. The van der Waals surface area contributed by atoms with E-state index in [1.54, 1.807) is 0 Å². The molecule has 0 amide bonds. The summed E-state index contributed by atoms with van der Waals surface area (Å²) in [5.41, 5.74) is 0. The first-order valence-corrected chi connectivity index (χ1v) is 4.98. The van der Waals surface area contributed by atoms with Gasteiger partial charge in [-0.3, -0.25) is 0 Å². The van der Waals surface area contributed by atoms with Crippen LogP contribution in [0.3, 0.4) is 0 Å². The Morgan fingerprint density at radius 1 is 1.42 bits per heavy atom. The van der Waals surface area contributed by atoms with Crippen molar-refractivity contribution >= 4 is 0 Å². The summed E-state index contributed by atoms with van der Waals surface area (Å²) in [6, 6.07) is 0.334. The second kappa shape index (κ2) is 3.11. The van der Waals surface area contributed by atoms with Crippen LogP contribution >= 0.6 is 0 Å². The standard InChI is InChI=1S/C11H17N/c1-3-11(12-2)10-7-8-4-5-9(10)6-8/h1,8-12H,4-7H2,2H3. The van der Waals surface area contributed by atoms with Gasteiger partial charge in [0.25, 0.3) is 0 Å². The summed E-state index contributed by atoms with van der Waals surface area (Å²) in [6.45, 7) is 0. The fourth-order valence-corrected chi connectivity index (χ4v) is 3.12. The largest absolute Gasteiger partial charge is 0.307 e. The van der Waals surface area contributed by atoms with Gasteiger partial charge in [0.1, 0.15) is 0 Å². The van der Waals surface area contributed by atoms with Crippen LogP contribution in [-0.2, 0) is 0 Å². The first kappa shape index (κ1) is 8.13. The molecule has 2 fully saturated rings. The van der Waals surface area contributed by atoms with Crippen molar-refractivity contribution in [3.05, 3.63) is 0 Å². The summed E-state index contributed by atoms with van der Waals surface area (Å²) < 4.78 is 0. The van der Waals surface area contributed by atoms with Crippen molar-refractivity contribution in [1.82, 2.24) is 5.32 Å². The van der Waals surface area contributed by atoms with Gasteiger partial charge in [-0.1, -0.05) is 12.3 Å². The lowest BCUT2D eigenvalue weighted by molar-refractivity contribution is 0.292. The van der Waals surface area contributed by atoms with E-state index >= 15 is 0 Å². The zero-order valence-corrected chi connectivity index (χ0v) is 7.72. The van der Waals surface area contributed by atoms with Gasteiger partial charge >= 0.3 is 0 Å². The zero-order chi connectivity index (χ0) is 8.55. The quantitative estimate of drug-likeness (QED) is 0.610. The molecule has 0 heterocycles. The van der Waals surface area contributed by atoms with Gasteiger partial charge in [0.05, 0.1) is 6.04 Å². The van der Waals surface area contributed by atoms with Crippen molar-refractivity contribution in [2.45, 2.75) is 31.7 Å². The molecule has 2 aliphatic carbocycles. The van der Waals surface area contributed by atoms with Crippen molar-refractivity contribution in [3.8, 4) is 12.3 Å². The number of rotatable bonds is 2. The summed E-state index contributed by atoms with van der Waals surface area (Å²) in [5.74, 6) is 5.58. The zero-order valence-electron chi connectivity index (χ0n) is 7.72. The lowest BCUT2D eigenvalue weighted by Crippen LogP contribution is -2.35. The highest BCUT2D eigenvalue weighted by atomic mass is 14.9. The second-order valence-corrected chi connectivity index (χ2v) is 4.27. The van der Waals surface area contributed by atoms with Gasteiger partial charge in [-0.25, -0.2) is 0 Å². The van der Waals surface area contributed by atoms with Crippen LogP contribution in [-0.4, -0.2) is 13.1 Å². The number of terminal acetylenes is 1. The van der Waals surface area contributed by atoms with E-state index in [-0.39, 0.29) is 0 Å². The van der Waals surface area contributed by atoms with Gasteiger partial charge < -0.3 is 5.32 Å². The molecule has 0 radical (unpaired) electrons. The van der Waals surface area contributed by atoms with E-state index in [9.17, 15) is 0 Å². The maximum Gasteiger partial charge on any atom is 0.0715 e. The number of hydrogen-bond donors (Lipinski definition) is 1. The van der Waals surface area contributed by atoms with E-state index in [4.69, 9.17) is 6.42 Å². The van der Waals surface area contributed by atoms with Gasteiger partial charge in [0.15, 0.2) is 0 Å². The van der Waals surface area contributed by atoms with Gasteiger partial charge in [0.2, 0.25) is 0 Å². The van der Waals surface area contributed by atoms with Gasteiger partial charge in [0, 0.05) is 0 Å². The van der Waals surface area contributed by atoms with Gasteiger partial charge in [-0.05, 0) is 44.1 Å². The molecule has 1 heteroatoms. The normalized spacial score (nSPS) is 41.2. The van der Waals surface area contributed by atoms with E-state index < -0.39 is 0 Å². The lowest BCUT2D eigenvalue weighted by atomic mass is 9.83. The number of nitrogens with one attached hydrogen (secondary N) is 1. The molecule has 0 aromatic rings. The molecule has 66 valence electrons. The monoisotopic (exact) mass is 163 g/mol. The van der Waals surface area contributed by atoms with Gasteiger partial charge in [-0.2, -0.15) is 0 Å². The average Bonchev–Trinajstić information content (AvgIpc) is 2.67. The number of fused-ring (bicyclic) bond motifs is 2. The molecule has 4 atom stereocenters. The van der Waals surface area contributed by atoms with Crippen LogP contribution < -0.4 is 5.32 Å². The van der Waals surface area contributed by atoms with Crippen LogP contribution in [0.25, 0.3) is 0 Å². The maximum atomic E-state index is 5.48. The summed E-state index contributed by atoms with van der Waals surface area (Å²) in [5, 5.41) is 3.24. The Morgan fingerprint density at radius 2 is 2.25 bits per heavy atom. The molecular formula is C11H17N. The molecule has 1 nitrogen and oxygen atoms in total. The minimum Gasteiger partial charge on any atom is -0.307 e. The Bertz CT molecular complexity index is 204. The average molecular weight is 163 g/mol. The van der Waals surface area contributed by atoms with E-state index in [1.165, 1.54) is 25.7 Å². The molecule has 0 saturated heterocycles. The van der Waals surface area contributed by atoms with Crippen LogP contribution in [0.5, 0.6) is 0 Å². The summed E-state index contributed by atoms with van der Waals surface area (Å²) in [4.78, 5) is 0. The summed E-state index contributed by atoms with van der Waals surface area (Å²) in [7, 11) is 1.98. The Hall–Kier alpha value is -0.480. The highest BCUT2D eigenvalue weighted by Gasteiger charge is 2.42.